The van der Waals surface area contributed by atoms with Gasteiger partial charge in [0.25, 0.3) is 0 Å². The topological polar surface area (TPSA) is 78.9 Å². The van der Waals surface area contributed by atoms with Gasteiger partial charge in [0, 0.05) is 19.3 Å². The molecule has 0 aliphatic heterocycles. The molecule has 0 bridgehead atoms. The molecule has 6 heteroatoms. The van der Waals surface area contributed by atoms with Crippen LogP contribution in [0.5, 0.6) is 0 Å². The zero-order valence-electron chi connectivity index (χ0n) is 51.3. The summed E-state index contributed by atoms with van der Waals surface area (Å²) >= 11 is 0. The Balaban J connectivity index is 4.24. The molecule has 0 aromatic heterocycles. The van der Waals surface area contributed by atoms with Crippen molar-refractivity contribution in [2.75, 3.05) is 13.2 Å². The minimum Gasteiger partial charge on any atom is -0.462 e. The first kappa shape index (κ1) is 74.5. The highest BCUT2D eigenvalue weighted by Crippen LogP contribution is 2.15. The van der Waals surface area contributed by atoms with Gasteiger partial charge in [0.15, 0.2) is 6.10 Å². The fourth-order valence-corrected chi connectivity index (χ4v) is 8.76. The molecule has 0 rings (SSSR count). The molecule has 0 saturated heterocycles. The van der Waals surface area contributed by atoms with Crippen LogP contribution in [0.25, 0.3) is 0 Å². The fourth-order valence-electron chi connectivity index (χ4n) is 8.76. The molecule has 0 aliphatic rings. The highest BCUT2D eigenvalue weighted by atomic mass is 16.6. The van der Waals surface area contributed by atoms with Crippen molar-refractivity contribution in [3.63, 3.8) is 0 Å². The van der Waals surface area contributed by atoms with Crippen LogP contribution in [-0.2, 0) is 28.6 Å². The first-order valence-electron chi connectivity index (χ1n) is 32.7. The summed E-state index contributed by atoms with van der Waals surface area (Å²) in [4.78, 5) is 38.2. The van der Waals surface area contributed by atoms with Gasteiger partial charge in [0.2, 0.25) is 0 Å². The highest BCUT2D eigenvalue weighted by Gasteiger charge is 2.19. The Hall–Kier alpha value is -4.45. The number of unbranched alkanes of at least 4 members (excludes halogenated alkanes) is 25. The lowest BCUT2D eigenvalue weighted by atomic mass is 10.1. The van der Waals surface area contributed by atoms with E-state index in [9.17, 15) is 14.4 Å². The molecule has 79 heavy (non-hydrogen) atoms. The summed E-state index contributed by atoms with van der Waals surface area (Å²) in [7, 11) is 0. The Morgan fingerprint density at radius 3 is 0.797 bits per heavy atom. The van der Waals surface area contributed by atoms with Gasteiger partial charge >= 0.3 is 17.9 Å². The number of allylic oxidation sites excluding steroid dienone is 22. The molecule has 0 fully saturated rings. The highest BCUT2D eigenvalue weighted by molar-refractivity contribution is 5.71. The normalized spacial score (nSPS) is 13.0. The fraction of sp³-hybridized carbons (Fsp3) is 0.658. The molecule has 1 unspecified atom stereocenters. The van der Waals surface area contributed by atoms with E-state index in [2.05, 4.69) is 154 Å². The first-order chi connectivity index (χ1) is 39.0. The molecule has 0 spiro atoms. The molecule has 448 valence electrons. The van der Waals surface area contributed by atoms with Gasteiger partial charge < -0.3 is 14.2 Å². The average Bonchev–Trinajstić information content (AvgIpc) is 3.45. The van der Waals surface area contributed by atoms with Crippen molar-refractivity contribution >= 4 is 17.9 Å². The second kappa shape index (κ2) is 66.1. The molecule has 0 radical (unpaired) electrons. The zero-order chi connectivity index (χ0) is 57.1. The molecule has 0 saturated carbocycles. The number of hydrogen-bond donors (Lipinski definition) is 0. The third-order valence-electron chi connectivity index (χ3n) is 13.6. The van der Waals surface area contributed by atoms with Crippen molar-refractivity contribution in [3.8, 4) is 0 Å². The summed E-state index contributed by atoms with van der Waals surface area (Å²) in [5.74, 6) is -0.911. The number of carbonyl (C=O) groups excluding carboxylic acids is 3. The smallest absolute Gasteiger partial charge is 0.306 e. The molecule has 0 N–H and O–H groups in total. The number of esters is 3. The lowest BCUT2D eigenvalue weighted by Gasteiger charge is -2.18. The molecule has 0 aromatic carbocycles. The minimum absolute atomic E-state index is 0.0873. The third-order valence-corrected chi connectivity index (χ3v) is 13.6. The zero-order valence-corrected chi connectivity index (χ0v) is 51.3. The van der Waals surface area contributed by atoms with E-state index in [1.54, 1.807) is 0 Å². The molecule has 0 aliphatic carbocycles. The van der Waals surface area contributed by atoms with Gasteiger partial charge in [-0.25, -0.2) is 0 Å². The van der Waals surface area contributed by atoms with Crippen LogP contribution in [0.15, 0.2) is 134 Å². The van der Waals surface area contributed by atoms with Gasteiger partial charge in [-0.1, -0.05) is 283 Å². The molecular formula is C73H120O6. The second-order valence-electron chi connectivity index (χ2n) is 21.3. The van der Waals surface area contributed by atoms with Crippen LogP contribution in [0.1, 0.15) is 290 Å². The van der Waals surface area contributed by atoms with Crippen molar-refractivity contribution in [3.05, 3.63) is 134 Å². The van der Waals surface area contributed by atoms with E-state index in [4.69, 9.17) is 14.2 Å². The predicted molar refractivity (Wildman–Crippen MR) is 343 cm³/mol. The van der Waals surface area contributed by atoms with Gasteiger partial charge in [-0.05, 0) is 122 Å². The molecule has 6 nitrogen and oxygen atoms in total. The van der Waals surface area contributed by atoms with Crippen LogP contribution in [-0.4, -0.2) is 37.2 Å². The van der Waals surface area contributed by atoms with Crippen LogP contribution >= 0.6 is 0 Å². The van der Waals surface area contributed by atoms with Crippen molar-refractivity contribution in [1.29, 1.82) is 0 Å². The standard InChI is InChI=1S/C73H120O6/c1-4-7-10-13-16-19-22-24-26-27-28-29-30-31-32-33-34-35-36-37-38-39-40-41-42-43-44-45-47-48-51-54-57-60-63-66-72(75)78-69-70(68-77-71(74)65-62-59-56-53-50-21-18-15-12-9-6-3)79-73(76)67-64-61-58-55-52-49-46-25-23-20-17-14-11-8-5-2/h7,10,16-17,19-20,24-26,28-29,31-32,34-35,37-38,40-41,43-44,46,70H,4-6,8-9,11-15,18,21-23,27,30,33,36,39,42,45,47-69H2,1-3H3/b10-7-,19-16-,20-17-,26-24-,29-28-,32-31-,35-34-,38-37-,41-40-,44-43-,46-25-. The van der Waals surface area contributed by atoms with Crippen LogP contribution in [0.3, 0.4) is 0 Å². The largest absolute Gasteiger partial charge is 0.462 e. The van der Waals surface area contributed by atoms with Crippen molar-refractivity contribution < 1.29 is 28.6 Å². The van der Waals surface area contributed by atoms with E-state index >= 15 is 0 Å². The van der Waals surface area contributed by atoms with E-state index in [1.807, 2.05) is 0 Å². The number of carbonyl (C=O) groups is 3. The van der Waals surface area contributed by atoms with E-state index in [1.165, 1.54) is 103 Å². The molecule has 1 atom stereocenters. The van der Waals surface area contributed by atoms with Crippen molar-refractivity contribution in [1.82, 2.24) is 0 Å². The molecule has 0 amide bonds. The number of ether oxygens (including phenoxy) is 3. The van der Waals surface area contributed by atoms with E-state index in [-0.39, 0.29) is 31.1 Å². The van der Waals surface area contributed by atoms with Gasteiger partial charge in [-0.3, -0.25) is 14.4 Å². The number of hydrogen-bond acceptors (Lipinski definition) is 6. The van der Waals surface area contributed by atoms with Crippen LogP contribution in [0, 0.1) is 0 Å². The summed E-state index contributed by atoms with van der Waals surface area (Å²) in [6, 6.07) is 0. The Labute approximate surface area is 487 Å². The van der Waals surface area contributed by atoms with Crippen molar-refractivity contribution in [2.45, 2.75) is 297 Å². The molecule has 0 heterocycles. The summed E-state index contributed by atoms with van der Waals surface area (Å²) in [6.07, 6.45) is 93.2. The van der Waals surface area contributed by atoms with Gasteiger partial charge in [0.1, 0.15) is 13.2 Å². The Bertz CT molecular complexity index is 1680. The van der Waals surface area contributed by atoms with E-state index in [0.29, 0.717) is 19.3 Å². The Morgan fingerprint density at radius 1 is 0.266 bits per heavy atom. The number of rotatable bonds is 58. The summed E-state index contributed by atoms with van der Waals surface area (Å²) in [6.45, 7) is 6.48. The summed E-state index contributed by atoms with van der Waals surface area (Å²) < 4.78 is 16.9. The molecular weight excluding hydrogens is 973 g/mol. The van der Waals surface area contributed by atoms with E-state index < -0.39 is 6.10 Å². The van der Waals surface area contributed by atoms with Gasteiger partial charge in [-0.15, -0.1) is 0 Å². The maximum Gasteiger partial charge on any atom is 0.306 e. The SMILES string of the molecule is CC/C=C\C/C=C\C/C=C\C/C=C\C/C=C\C/C=C\C/C=C\C/C=C\C/C=C\CCCCCCCCCC(=O)OCC(COC(=O)CCCCCCCCCCCCC)OC(=O)CCCCCCC/C=C\C/C=C\CCCCC. The Kier molecular flexibility index (Phi) is 62.3. The maximum absolute atomic E-state index is 12.9. The van der Waals surface area contributed by atoms with Gasteiger partial charge in [0.05, 0.1) is 0 Å². The summed E-state index contributed by atoms with van der Waals surface area (Å²) in [5, 5.41) is 0. The lowest BCUT2D eigenvalue weighted by Crippen LogP contribution is -2.30. The maximum atomic E-state index is 12.9. The first-order valence-corrected chi connectivity index (χ1v) is 32.7. The quantitative estimate of drug-likeness (QED) is 0.0261. The minimum atomic E-state index is -0.792. The summed E-state index contributed by atoms with van der Waals surface area (Å²) in [5.41, 5.74) is 0. The third kappa shape index (κ3) is 64.3. The van der Waals surface area contributed by atoms with Crippen LogP contribution < -0.4 is 0 Å². The molecule has 0 aromatic rings. The predicted octanol–water partition coefficient (Wildman–Crippen LogP) is 22.5. The second-order valence-corrected chi connectivity index (χ2v) is 21.3. The van der Waals surface area contributed by atoms with Gasteiger partial charge in [-0.2, -0.15) is 0 Å². The van der Waals surface area contributed by atoms with Crippen molar-refractivity contribution in [2.24, 2.45) is 0 Å². The van der Waals surface area contributed by atoms with Crippen LogP contribution in [0.2, 0.25) is 0 Å². The Morgan fingerprint density at radius 2 is 0.494 bits per heavy atom. The van der Waals surface area contributed by atoms with Crippen LogP contribution in [0.4, 0.5) is 0 Å². The van der Waals surface area contributed by atoms with E-state index in [0.717, 1.165) is 148 Å². The monoisotopic (exact) mass is 1090 g/mol. The average molecular weight is 1090 g/mol. The lowest BCUT2D eigenvalue weighted by molar-refractivity contribution is -0.167.